The Morgan fingerprint density at radius 1 is 1.26 bits per heavy atom. The fourth-order valence-electron chi connectivity index (χ4n) is 2.37. The lowest BCUT2D eigenvalue weighted by Crippen LogP contribution is -2.44. The molecule has 1 N–H and O–H groups in total. The van der Waals surface area contributed by atoms with Crippen LogP contribution in [-0.2, 0) is 6.42 Å². The van der Waals surface area contributed by atoms with Gasteiger partial charge in [0, 0.05) is 23.2 Å². The molecule has 0 bridgehead atoms. The molecule has 19 heavy (non-hydrogen) atoms. The quantitative estimate of drug-likeness (QED) is 0.750. The van der Waals surface area contributed by atoms with Gasteiger partial charge in [0.2, 0.25) is 0 Å². The van der Waals surface area contributed by atoms with Crippen LogP contribution < -0.4 is 5.32 Å². The zero-order valence-corrected chi connectivity index (χ0v) is 14.1. The molecule has 0 aliphatic carbocycles. The number of aromatic nitrogens is 1. The molecule has 0 aliphatic heterocycles. The fourth-order valence-corrected chi connectivity index (χ4v) is 3.14. The molecule has 0 fully saturated rings. The van der Waals surface area contributed by atoms with Gasteiger partial charge in [-0.15, -0.1) is 11.3 Å². The van der Waals surface area contributed by atoms with Gasteiger partial charge in [0.05, 0.1) is 5.51 Å². The molecule has 1 heterocycles. The van der Waals surface area contributed by atoms with E-state index in [0.29, 0.717) is 5.41 Å². The van der Waals surface area contributed by atoms with E-state index in [1.807, 2.05) is 11.7 Å². The van der Waals surface area contributed by atoms with Crippen molar-refractivity contribution in [2.75, 3.05) is 6.54 Å². The number of nitrogens with zero attached hydrogens (tertiary/aromatic N) is 1. The van der Waals surface area contributed by atoms with Gasteiger partial charge in [0.25, 0.3) is 0 Å². The summed E-state index contributed by atoms with van der Waals surface area (Å²) >= 11 is 1.79. The van der Waals surface area contributed by atoms with Crippen molar-refractivity contribution in [2.45, 2.75) is 72.3 Å². The smallest absolute Gasteiger partial charge is 0.0794 e. The highest BCUT2D eigenvalue weighted by Crippen LogP contribution is 2.34. The largest absolute Gasteiger partial charge is 0.312 e. The van der Waals surface area contributed by atoms with E-state index in [9.17, 15) is 0 Å². The van der Waals surface area contributed by atoms with Crippen molar-refractivity contribution in [3.63, 3.8) is 0 Å². The van der Waals surface area contributed by atoms with Crippen LogP contribution >= 0.6 is 11.3 Å². The monoisotopic (exact) mass is 282 g/mol. The number of hydrogen-bond acceptors (Lipinski definition) is 3. The maximum Gasteiger partial charge on any atom is 0.0794 e. The zero-order valence-electron chi connectivity index (χ0n) is 13.3. The van der Waals surface area contributed by atoms with E-state index in [1.54, 1.807) is 11.3 Å². The van der Waals surface area contributed by atoms with Gasteiger partial charge in [-0.2, -0.15) is 0 Å². The van der Waals surface area contributed by atoms with Crippen LogP contribution in [0.4, 0.5) is 0 Å². The van der Waals surface area contributed by atoms with Crippen LogP contribution in [0.25, 0.3) is 0 Å². The van der Waals surface area contributed by atoms with E-state index in [4.69, 9.17) is 0 Å². The molecule has 0 aliphatic rings. The van der Waals surface area contributed by atoms with E-state index in [-0.39, 0.29) is 5.54 Å². The van der Waals surface area contributed by atoms with Crippen molar-refractivity contribution in [1.82, 2.24) is 10.3 Å². The van der Waals surface area contributed by atoms with E-state index < -0.39 is 0 Å². The second kappa shape index (κ2) is 7.39. The first-order valence-corrected chi connectivity index (χ1v) is 8.41. The van der Waals surface area contributed by atoms with Crippen molar-refractivity contribution < 1.29 is 0 Å². The van der Waals surface area contributed by atoms with Gasteiger partial charge in [0.1, 0.15) is 0 Å². The molecule has 0 spiro atoms. The molecule has 1 aromatic heterocycles. The molecule has 0 saturated heterocycles. The van der Waals surface area contributed by atoms with Crippen molar-refractivity contribution in [3.8, 4) is 0 Å². The Labute approximate surface area is 123 Å². The normalized spacial score (nSPS) is 15.4. The molecule has 0 amide bonds. The summed E-state index contributed by atoms with van der Waals surface area (Å²) in [6.07, 6.45) is 8.34. The molecule has 1 atom stereocenters. The van der Waals surface area contributed by atoms with E-state index in [0.717, 1.165) is 13.0 Å². The Morgan fingerprint density at radius 2 is 2.00 bits per heavy atom. The molecular formula is C16H30N2S. The Balaban J connectivity index is 2.74. The van der Waals surface area contributed by atoms with Gasteiger partial charge in [0.15, 0.2) is 0 Å². The number of thiazole rings is 1. The summed E-state index contributed by atoms with van der Waals surface area (Å²) in [7, 11) is 0. The van der Waals surface area contributed by atoms with Crippen molar-refractivity contribution >= 4 is 11.3 Å². The Morgan fingerprint density at radius 3 is 2.47 bits per heavy atom. The Hall–Kier alpha value is -0.410. The van der Waals surface area contributed by atoms with Crippen LogP contribution in [0.2, 0.25) is 0 Å². The second-order valence-electron chi connectivity index (χ2n) is 6.71. The topological polar surface area (TPSA) is 24.9 Å². The molecular weight excluding hydrogens is 252 g/mol. The molecule has 1 rings (SSSR count). The van der Waals surface area contributed by atoms with E-state index >= 15 is 0 Å². The summed E-state index contributed by atoms with van der Waals surface area (Å²) in [5.74, 6) is 0. The third-order valence-corrected chi connectivity index (χ3v) is 4.62. The van der Waals surface area contributed by atoms with Gasteiger partial charge >= 0.3 is 0 Å². The summed E-state index contributed by atoms with van der Waals surface area (Å²) in [5.41, 5.74) is 2.53. The summed E-state index contributed by atoms with van der Waals surface area (Å²) < 4.78 is 0. The second-order valence-corrected chi connectivity index (χ2v) is 7.68. The standard InChI is InChI=1S/C16H30N2S/c1-6-8-9-16(7-2,12-18-15(3,4)5)10-14-11-17-13-19-14/h11,13,18H,6-10,12H2,1-5H3. The lowest BCUT2D eigenvalue weighted by molar-refractivity contribution is 0.207. The minimum Gasteiger partial charge on any atom is -0.312 e. The zero-order chi connectivity index (χ0) is 14.4. The predicted molar refractivity (Wildman–Crippen MR) is 85.8 cm³/mol. The number of hydrogen-bond donors (Lipinski definition) is 1. The molecule has 0 radical (unpaired) electrons. The molecule has 110 valence electrons. The van der Waals surface area contributed by atoms with Gasteiger partial charge in [-0.3, -0.25) is 4.98 Å². The molecule has 1 unspecified atom stereocenters. The summed E-state index contributed by atoms with van der Waals surface area (Å²) in [4.78, 5) is 5.65. The van der Waals surface area contributed by atoms with Gasteiger partial charge in [-0.05, 0) is 45.4 Å². The first kappa shape index (κ1) is 16.6. The average molecular weight is 282 g/mol. The third-order valence-electron chi connectivity index (χ3n) is 3.84. The predicted octanol–water partition coefficient (Wildman–Crippen LogP) is 4.66. The third kappa shape index (κ3) is 6.05. The first-order valence-electron chi connectivity index (χ1n) is 7.53. The van der Waals surface area contributed by atoms with Crippen LogP contribution in [0.15, 0.2) is 11.7 Å². The number of rotatable bonds is 8. The first-order chi connectivity index (χ1) is 8.91. The molecule has 0 aromatic carbocycles. The highest BCUT2D eigenvalue weighted by atomic mass is 32.1. The summed E-state index contributed by atoms with van der Waals surface area (Å²) in [6.45, 7) is 12.5. The van der Waals surface area contributed by atoms with Crippen molar-refractivity contribution in [2.24, 2.45) is 5.41 Å². The van der Waals surface area contributed by atoms with Crippen LogP contribution in [-0.4, -0.2) is 17.1 Å². The lowest BCUT2D eigenvalue weighted by Gasteiger charge is -2.36. The van der Waals surface area contributed by atoms with Gasteiger partial charge in [-0.25, -0.2) is 0 Å². The summed E-state index contributed by atoms with van der Waals surface area (Å²) in [6, 6.07) is 0. The maximum absolute atomic E-state index is 4.23. The van der Waals surface area contributed by atoms with E-state index in [1.165, 1.54) is 30.6 Å². The van der Waals surface area contributed by atoms with Crippen LogP contribution in [0.5, 0.6) is 0 Å². The van der Waals surface area contributed by atoms with Gasteiger partial charge < -0.3 is 5.32 Å². The minimum absolute atomic E-state index is 0.195. The molecule has 0 saturated carbocycles. The minimum atomic E-state index is 0.195. The number of nitrogens with one attached hydrogen (secondary N) is 1. The SMILES string of the molecule is CCCCC(CC)(CNC(C)(C)C)Cc1cncs1. The van der Waals surface area contributed by atoms with Crippen molar-refractivity contribution in [1.29, 1.82) is 0 Å². The fraction of sp³-hybridized carbons (Fsp3) is 0.812. The highest BCUT2D eigenvalue weighted by molar-refractivity contribution is 7.09. The Kier molecular flexibility index (Phi) is 6.48. The van der Waals surface area contributed by atoms with Crippen molar-refractivity contribution in [3.05, 3.63) is 16.6 Å². The average Bonchev–Trinajstić information content (AvgIpc) is 2.84. The van der Waals surface area contributed by atoms with Crippen LogP contribution in [0, 0.1) is 5.41 Å². The molecule has 1 aromatic rings. The summed E-state index contributed by atoms with van der Waals surface area (Å²) in [5, 5.41) is 3.72. The highest BCUT2D eigenvalue weighted by Gasteiger charge is 2.29. The van der Waals surface area contributed by atoms with Gasteiger partial charge in [-0.1, -0.05) is 26.7 Å². The lowest BCUT2D eigenvalue weighted by atomic mass is 9.76. The maximum atomic E-state index is 4.23. The van der Waals surface area contributed by atoms with Crippen LogP contribution in [0.3, 0.4) is 0 Å². The number of unbranched alkanes of at least 4 members (excludes halogenated alkanes) is 1. The van der Waals surface area contributed by atoms with E-state index in [2.05, 4.69) is 44.9 Å². The molecule has 2 nitrogen and oxygen atoms in total. The van der Waals surface area contributed by atoms with Crippen LogP contribution in [0.1, 0.15) is 65.2 Å². The molecule has 3 heteroatoms. The Bertz CT molecular complexity index is 340.